The molecule has 0 aliphatic rings. The summed E-state index contributed by atoms with van der Waals surface area (Å²) in [6.07, 6.45) is 0. The van der Waals surface area contributed by atoms with Crippen molar-refractivity contribution in [1.29, 1.82) is 0 Å². The molecule has 0 unspecified atom stereocenters. The van der Waals surface area contributed by atoms with Gasteiger partial charge in [0.2, 0.25) is 15.9 Å². The molecule has 106 valence electrons. The Morgan fingerprint density at radius 2 is 2.05 bits per heavy atom. The Morgan fingerprint density at radius 3 is 2.53 bits per heavy atom. The van der Waals surface area contributed by atoms with Gasteiger partial charge in [-0.3, -0.25) is 4.79 Å². The molecule has 0 saturated carbocycles. The van der Waals surface area contributed by atoms with Crippen LogP contribution in [0.5, 0.6) is 0 Å². The first-order valence-electron chi connectivity index (χ1n) is 5.55. The molecule has 0 fully saturated rings. The van der Waals surface area contributed by atoms with Crippen LogP contribution in [-0.2, 0) is 14.8 Å². The maximum Gasteiger partial charge on any atom is 0.238 e. The van der Waals surface area contributed by atoms with Gasteiger partial charge in [0, 0.05) is 10.5 Å². The highest BCUT2D eigenvalue weighted by Gasteiger charge is 2.11. The lowest BCUT2D eigenvalue weighted by molar-refractivity contribution is -0.115. The van der Waals surface area contributed by atoms with Crippen LogP contribution in [0.1, 0.15) is 13.8 Å². The van der Waals surface area contributed by atoms with Crippen LogP contribution in [-0.4, -0.2) is 26.9 Å². The molecule has 1 aromatic carbocycles. The van der Waals surface area contributed by atoms with E-state index in [4.69, 9.17) is 5.14 Å². The molecule has 1 amide bonds. The number of carbonyl (C=O) groups is 1. The first-order chi connectivity index (χ1) is 8.70. The maximum absolute atomic E-state index is 11.6. The Balaban J connectivity index is 2.78. The van der Waals surface area contributed by atoms with Gasteiger partial charge in [0.25, 0.3) is 0 Å². The molecule has 0 atom stereocenters. The lowest BCUT2D eigenvalue weighted by atomic mass is 10.3. The fraction of sp³-hybridized carbons (Fsp3) is 0.364. The number of rotatable bonds is 5. The average Bonchev–Trinajstić information content (AvgIpc) is 2.27. The summed E-state index contributed by atoms with van der Waals surface area (Å²) in [4.78, 5) is 11.6. The van der Waals surface area contributed by atoms with E-state index in [-0.39, 0.29) is 23.4 Å². The van der Waals surface area contributed by atoms with Crippen molar-refractivity contribution in [2.24, 2.45) is 5.14 Å². The molecule has 6 nitrogen and oxygen atoms in total. The number of nitrogens with two attached hydrogens (primary N) is 1. The normalized spacial score (nSPS) is 11.6. The number of anilines is 1. The summed E-state index contributed by atoms with van der Waals surface area (Å²) < 4.78 is 22.8. The molecule has 1 rings (SSSR count). The number of halogens is 1. The van der Waals surface area contributed by atoms with Gasteiger partial charge in [-0.1, -0.05) is 13.8 Å². The molecule has 0 saturated heterocycles. The van der Waals surface area contributed by atoms with E-state index in [1.54, 1.807) is 0 Å². The van der Waals surface area contributed by atoms with Gasteiger partial charge in [-0.25, -0.2) is 13.6 Å². The maximum atomic E-state index is 11.6. The number of nitrogens with one attached hydrogen (secondary N) is 2. The van der Waals surface area contributed by atoms with Gasteiger partial charge >= 0.3 is 0 Å². The van der Waals surface area contributed by atoms with E-state index in [9.17, 15) is 13.2 Å². The van der Waals surface area contributed by atoms with E-state index in [1.807, 2.05) is 13.8 Å². The molecule has 19 heavy (non-hydrogen) atoms. The van der Waals surface area contributed by atoms with E-state index < -0.39 is 10.0 Å². The zero-order chi connectivity index (χ0) is 14.6. The minimum atomic E-state index is -3.75. The molecular formula is C11H16BrN3O3S. The number of primary sulfonamides is 1. The second-order valence-electron chi connectivity index (χ2n) is 4.27. The van der Waals surface area contributed by atoms with Crippen molar-refractivity contribution < 1.29 is 13.2 Å². The van der Waals surface area contributed by atoms with Gasteiger partial charge in [0.05, 0.1) is 17.1 Å². The Hall–Kier alpha value is -0.960. The van der Waals surface area contributed by atoms with E-state index in [2.05, 4.69) is 26.6 Å². The molecule has 0 aromatic heterocycles. The summed E-state index contributed by atoms with van der Waals surface area (Å²) in [7, 11) is -3.75. The third kappa shape index (κ3) is 5.27. The van der Waals surface area contributed by atoms with Crippen LogP contribution >= 0.6 is 15.9 Å². The highest BCUT2D eigenvalue weighted by Crippen LogP contribution is 2.25. The minimum absolute atomic E-state index is 0.0160. The standard InChI is InChI=1S/C11H16BrN3O3S/c1-7(2)14-6-11(16)15-10-4-3-8(5-9(10)12)19(13,17)18/h3-5,7,14H,6H2,1-2H3,(H,15,16)(H2,13,17,18). The van der Waals surface area contributed by atoms with Crippen LogP contribution in [0.25, 0.3) is 0 Å². The third-order valence-corrected chi connectivity index (χ3v) is 3.78. The highest BCUT2D eigenvalue weighted by atomic mass is 79.9. The second-order valence-corrected chi connectivity index (χ2v) is 6.69. The van der Waals surface area contributed by atoms with E-state index in [0.717, 1.165) is 0 Å². The minimum Gasteiger partial charge on any atom is -0.324 e. The third-order valence-electron chi connectivity index (χ3n) is 2.21. The Kier molecular flexibility index (Phi) is 5.48. The quantitative estimate of drug-likeness (QED) is 0.738. The summed E-state index contributed by atoms with van der Waals surface area (Å²) in [5.74, 6) is -0.210. The topological polar surface area (TPSA) is 101 Å². The molecule has 0 heterocycles. The predicted octanol–water partition coefficient (Wildman–Crippen LogP) is 1.03. The summed E-state index contributed by atoms with van der Waals surface area (Å²) in [5, 5.41) is 10.6. The molecular weight excluding hydrogens is 334 g/mol. The molecule has 4 N–H and O–H groups in total. The molecule has 0 aliphatic carbocycles. The highest BCUT2D eigenvalue weighted by molar-refractivity contribution is 9.10. The van der Waals surface area contributed by atoms with Crippen LogP contribution in [0.15, 0.2) is 27.6 Å². The van der Waals surface area contributed by atoms with Gasteiger partial charge in [-0.2, -0.15) is 0 Å². The van der Waals surface area contributed by atoms with Crippen LogP contribution in [0, 0.1) is 0 Å². The van der Waals surface area contributed by atoms with Crippen molar-refractivity contribution in [2.45, 2.75) is 24.8 Å². The number of carbonyl (C=O) groups excluding carboxylic acids is 1. The lowest BCUT2D eigenvalue weighted by Gasteiger charge is -2.10. The molecule has 0 bridgehead atoms. The van der Waals surface area contributed by atoms with Crippen LogP contribution in [0.3, 0.4) is 0 Å². The first-order valence-corrected chi connectivity index (χ1v) is 7.89. The van der Waals surface area contributed by atoms with Crippen LogP contribution in [0.2, 0.25) is 0 Å². The number of hydrogen-bond acceptors (Lipinski definition) is 4. The Bertz CT molecular complexity index is 573. The number of sulfonamides is 1. The van der Waals surface area contributed by atoms with Crippen LogP contribution in [0.4, 0.5) is 5.69 Å². The SMILES string of the molecule is CC(C)NCC(=O)Nc1ccc(S(N)(=O)=O)cc1Br. The van der Waals surface area contributed by atoms with Crippen molar-refractivity contribution in [3.05, 3.63) is 22.7 Å². The van der Waals surface area contributed by atoms with Gasteiger partial charge in [-0.05, 0) is 34.1 Å². The monoisotopic (exact) mass is 349 g/mol. The van der Waals surface area contributed by atoms with Crippen molar-refractivity contribution in [2.75, 3.05) is 11.9 Å². The fourth-order valence-electron chi connectivity index (χ4n) is 1.27. The molecule has 0 radical (unpaired) electrons. The number of amides is 1. The van der Waals surface area contributed by atoms with Gasteiger partial charge in [-0.15, -0.1) is 0 Å². The van der Waals surface area contributed by atoms with Gasteiger partial charge in [0.1, 0.15) is 0 Å². The first kappa shape index (κ1) is 16.1. The second kappa shape index (κ2) is 6.47. The van der Waals surface area contributed by atoms with Gasteiger partial charge in [0.15, 0.2) is 0 Å². The summed E-state index contributed by atoms with van der Waals surface area (Å²) >= 11 is 3.19. The van der Waals surface area contributed by atoms with E-state index in [0.29, 0.717) is 10.2 Å². The van der Waals surface area contributed by atoms with Crippen LogP contribution < -0.4 is 15.8 Å². The summed E-state index contributed by atoms with van der Waals surface area (Å²) in [6.45, 7) is 4.05. The Labute approximate surface area is 120 Å². The zero-order valence-corrected chi connectivity index (χ0v) is 13.0. The van der Waals surface area contributed by atoms with E-state index in [1.165, 1.54) is 18.2 Å². The predicted molar refractivity (Wildman–Crippen MR) is 77.3 cm³/mol. The van der Waals surface area contributed by atoms with Crippen molar-refractivity contribution in [3.8, 4) is 0 Å². The average molecular weight is 350 g/mol. The largest absolute Gasteiger partial charge is 0.324 e. The molecule has 0 spiro atoms. The van der Waals surface area contributed by atoms with E-state index >= 15 is 0 Å². The number of benzene rings is 1. The summed E-state index contributed by atoms with van der Waals surface area (Å²) in [6, 6.07) is 4.38. The molecule has 0 aliphatic heterocycles. The zero-order valence-electron chi connectivity index (χ0n) is 10.6. The molecule has 1 aromatic rings. The van der Waals surface area contributed by atoms with Gasteiger partial charge < -0.3 is 10.6 Å². The Morgan fingerprint density at radius 1 is 1.42 bits per heavy atom. The van der Waals surface area contributed by atoms with Crippen molar-refractivity contribution >= 4 is 37.5 Å². The number of hydrogen-bond donors (Lipinski definition) is 3. The fourth-order valence-corrected chi connectivity index (χ4v) is 2.43. The van der Waals surface area contributed by atoms with Crippen molar-refractivity contribution in [3.63, 3.8) is 0 Å². The summed E-state index contributed by atoms with van der Waals surface area (Å²) in [5.41, 5.74) is 0.489. The van der Waals surface area contributed by atoms with Crippen molar-refractivity contribution in [1.82, 2.24) is 5.32 Å². The smallest absolute Gasteiger partial charge is 0.238 e. The lowest BCUT2D eigenvalue weighted by Crippen LogP contribution is -2.32. The molecule has 8 heteroatoms.